The van der Waals surface area contributed by atoms with Crippen molar-refractivity contribution in [3.8, 4) is 0 Å². The lowest BCUT2D eigenvalue weighted by atomic mass is 10.1. The summed E-state index contributed by atoms with van der Waals surface area (Å²) >= 11 is 0. The summed E-state index contributed by atoms with van der Waals surface area (Å²) in [7, 11) is -9.97. The summed E-state index contributed by atoms with van der Waals surface area (Å²) < 4.78 is 68.6. The lowest BCUT2D eigenvalue weighted by molar-refractivity contribution is -0.161. The predicted octanol–water partition coefficient (Wildman–Crippen LogP) is 24.1. The first-order valence-electron chi connectivity index (χ1n) is 41.1. The van der Waals surface area contributed by atoms with Crippen LogP contribution in [0.2, 0.25) is 0 Å². The normalized spacial score (nSPS) is 14.4. The van der Waals surface area contributed by atoms with Gasteiger partial charge in [-0.1, -0.05) is 278 Å². The minimum Gasteiger partial charge on any atom is -0.462 e. The Morgan fingerprint density at radius 3 is 0.808 bits per heavy atom. The van der Waals surface area contributed by atoms with Crippen molar-refractivity contribution in [2.75, 3.05) is 39.6 Å². The Kier molecular flexibility index (Phi) is 73.7. The third kappa shape index (κ3) is 75.9. The number of aliphatic hydroxyl groups excluding tert-OH is 1. The van der Waals surface area contributed by atoms with Crippen LogP contribution in [0.3, 0.4) is 0 Å². The summed E-state index contributed by atoms with van der Waals surface area (Å²) in [6.45, 7) is 4.69. The molecule has 5 atom stereocenters. The zero-order valence-electron chi connectivity index (χ0n) is 65.7. The van der Waals surface area contributed by atoms with Crippen molar-refractivity contribution in [3.63, 3.8) is 0 Å². The van der Waals surface area contributed by atoms with Crippen molar-refractivity contribution in [3.05, 3.63) is 109 Å². The van der Waals surface area contributed by atoms with Crippen LogP contribution >= 0.6 is 15.6 Å². The molecule has 0 amide bonds. The summed E-state index contributed by atoms with van der Waals surface area (Å²) in [6, 6.07) is 0. The number of phosphoric acid groups is 2. The van der Waals surface area contributed by atoms with Gasteiger partial charge in [-0.3, -0.25) is 37.3 Å². The third-order valence-corrected chi connectivity index (χ3v) is 19.1. The average Bonchev–Trinajstić information content (AvgIpc) is 0.918. The number of hydrogen-bond acceptors (Lipinski definition) is 15. The fourth-order valence-electron chi connectivity index (χ4n) is 10.9. The fraction of sp³-hybridized carbons (Fsp3) is 0.741. The lowest BCUT2D eigenvalue weighted by Gasteiger charge is -2.21. The zero-order valence-corrected chi connectivity index (χ0v) is 67.5. The molecule has 19 heteroatoms. The largest absolute Gasteiger partial charge is 0.472 e. The quantitative estimate of drug-likeness (QED) is 0.0169. The summed E-state index contributed by atoms with van der Waals surface area (Å²) in [4.78, 5) is 73.1. The number of allylic oxidation sites excluding steroid dienone is 18. The Bertz CT molecular complexity index is 2390. The molecule has 0 aromatic carbocycles. The van der Waals surface area contributed by atoms with Crippen molar-refractivity contribution in [1.29, 1.82) is 0 Å². The van der Waals surface area contributed by atoms with Crippen LogP contribution in [0.25, 0.3) is 0 Å². The van der Waals surface area contributed by atoms with E-state index in [1.807, 2.05) is 0 Å². The first-order valence-corrected chi connectivity index (χ1v) is 44.1. The minimum absolute atomic E-state index is 0.0763. The second-order valence-corrected chi connectivity index (χ2v) is 30.2. The van der Waals surface area contributed by atoms with Gasteiger partial charge in [0.1, 0.15) is 19.3 Å². The van der Waals surface area contributed by atoms with Gasteiger partial charge in [0.2, 0.25) is 0 Å². The van der Waals surface area contributed by atoms with Crippen LogP contribution in [0.5, 0.6) is 0 Å². The van der Waals surface area contributed by atoms with Crippen molar-refractivity contribution >= 4 is 39.5 Å². The van der Waals surface area contributed by atoms with Crippen LogP contribution in [-0.2, 0) is 65.4 Å². The second-order valence-electron chi connectivity index (χ2n) is 27.3. The molecule has 17 nitrogen and oxygen atoms in total. The molecule has 0 fully saturated rings. The minimum atomic E-state index is -4.99. The molecule has 0 aromatic rings. The Labute approximate surface area is 632 Å². The van der Waals surface area contributed by atoms with Gasteiger partial charge in [0.25, 0.3) is 0 Å². The topological polar surface area (TPSA) is 237 Å². The molecule has 0 aliphatic rings. The number of aliphatic hydroxyl groups is 1. The van der Waals surface area contributed by atoms with Gasteiger partial charge in [-0.05, 0) is 154 Å². The van der Waals surface area contributed by atoms with Crippen LogP contribution in [0, 0.1) is 0 Å². The second kappa shape index (κ2) is 76.9. The van der Waals surface area contributed by atoms with E-state index in [1.54, 1.807) is 0 Å². The van der Waals surface area contributed by atoms with E-state index in [9.17, 15) is 43.2 Å². The first-order chi connectivity index (χ1) is 50.7. The summed E-state index contributed by atoms with van der Waals surface area (Å²) in [5, 5.41) is 10.7. The van der Waals surface area contributed by atoms with E-state index in [-0.39, 0.29) is 25.7 Å². The van der Waals surface area contributed by atoms with Gasteiger partial charge >= 0.3 is 39.5 Å². The molecule has 0 bridgehead atoms. The highest BCUT2D eigenvalue weighted by atomic mass is 31.2. The number of rotatable bonds is 77. The van der Waals surface area contributed by atoms with E-state index in [1.165, 1.54) is 96.3 Å². The molecule has 0 heterocycles. The van der Waals surface area contributed by atoms with Gasteiger partial charge in [-0.2, -0.15) is 0 Å². The van der Waals surface area contributed by atoms with E-state index in [2.05, 4.69) is 137 Å². The highest BCUT2D eigenvalue weighted by molar-refractivity contribution is 7.47. The van der Waals surface area contributed by atoms with Crippen molar-refractivity contribution in [2.45, 2.75) is 367 Å². The molecule has 0 saturated heterocycles. The van der Waals surface area contributed by atoms with Crippen molar-refractivity contribution in [2.24, 2.45) is 0 Å². The molecule has 2 unspecified atom stereocenters. The molecule has 0 radical (unpaired) electrons. The number of esters is 4. The van der Waals surface area contributed by atoms with Crippen molar-refractivity contribution in [1.82, 2.24) is 0 Å². The zero-order chi connectivity index (χ0) is 76.0. The van der Waals surface area contributed by atoms with E-state index in [0.717, 1.165) is 173 Å². The number of hydrogen-bond donors (Lipinski definition) is 3. The number of carbonyl (C=O) groups is 4. The van der Waals surface area contributed by atoms with Crippen LogP contribution in [0.4, 0.5) is 0 Å². The number of phosphoric ester groups is 2. The Hall–Kier alpha value is -4.28. The highest BCUT2D eigenvalue weighted by Crippen LogP contribution is 2.45. The van der Waals surface area contributed by atoms with Gasteiger partial charge in [0, 0.05) is 25.7 Å². The molecule has 104 heavy (non-hydrogen) atoms. The third-order valence-electron chi connectivity index (χ3n) is 17.2. The van der Waals surface area contributed by atoms with Gasteiger partial charge in [0.05, 0.1) is 26.4 Å². The van der Waals surface area contributed by atoms with Gasteiger partial charge < -0.3 is 33.8 Å². The lowest BCUT2D eigenvalue weighted by Crippen LogP contribution is -2.30. The van der Waals surface area contributed by atoms with Crippen molar-refractivity contribution < 1.29 is 80.2 Å². The summed E-state index contributed by atoms with van der Waals surface area (Å²) in [5.41, 5.74) is 0. The molecule has 0 spiro atoms. The van der Waals surface area contributed by atoms with Crippen LogP contribution < -0.4 is 0 Å². The Balaban J connectivity index is 5.40. The maximum Gasteiger partial charge on any atom is 0.472 e. The van der Waals surface area contributed by atoms with E-state index in [4.69, 9.17) is 37.0 Å². The summed E-state index contributed by atoms with van der Waals surface area (Å²) in [6.07, 6.45) is 83.4. The monoisotopic (exact) mass is 1500 g/mol. The summed E-state index contributed by atoms with van der Waals surface area (Å²) in [5.74, 6) is -2.23. The fourth-order valence-corrected chi connectivity index (χ4v) is 12.5. The molecule has 0 aliphatic carbocycles. The van der Waals surface area contributed by atoms with E-state index in [0.29, 0.717) is 25.7 Å². The molecule has 600 valence electrons. The van der Waals surface area contributed by atoms with Crippen LogP contribution in [0.15, 0.2) is 109 Å². The molecule has 0 aromatic heterocycles. The average molecular weight is 1500 g/mol. The van der Waals surface area contributed by atoms with Crippen LogP contribution in [0.1, 0.15) is 349 Å². The molecular formula is C85H148O17P2. The molecule has 0 saturated carbocycles. The van der Waals surface area contributed by atoms with Crippen LogP contribution in [-0.4, -0.2) is 96.7 Å². The molecule has 3 N–H and O–H groups in total. The van der Waals surface area contributed by atoms with Gasteiger partial charge in [0.15, 0.2) is 12.2 Å². The number of carbonyl (C=O) groups excluding carboxylic acids is 4. The molecule has 0 aliphatic heterocycles. The molecular weight excluding hydrogens is 1350 g/mol. The van der Waals surface area contributed by atoms with E-state index >= 15 is 0 Å². The highest BCUT2D eigenvalue weighted by Gasteiger charge is 2.30. The maximum atomic E-state index is 13.1. The maximum absolute atomic E-state index is 13.1. The number of unbranched alkanes of at least 4 members (excludes halogenated alkanes) is 33. The van der Waals surface area contributed by atoms with E-state index < -0.39 is 97.5 Å². The smallest absolute Gasteiger partial charge is 0.462 e. The SMILES string of the molecule is CC/C=C\C/C=C\C/C=C\C/C=C\C/C=C\CCCCCC(=O)OC[C@H](COP(=O)(O)OC[C@@H](O)COP(=O)(O)OC[C@@H](COC(=O)CCCCCCC/C=C\CCCCCCCC)OC(=O)CCCCCCC/C=C\C/C=C\CCCCC)OC(=O)CCCCCCC/C=C\CCCCCCCC. The molecule has 0 rings (SSSR count). The predicted molar refractivity (Wildman–Crippen MR) is 427 cm³/mol. The standard InChI is InChI=1S/C85H148O17P2/c1-5-9-13-17-21-25-29-33-37-38-39-40-44-46-50-54-58-62-66-70-83(88)96-76-81(102-85(90)72-68-64-60-56-52-48-43-36-32-28-24-20-16-12-8-4)78-100-104(93,94)98-74-79(86)73-97-103(91,92)99-77-80(101-84(89)71-67-63-59-55-51-47-42-35-31-27-23-19-15-11-7-3)75-95-82(87)69-65-61-57-53-49-45-41-34-30-26-22-18-14-10-6-2/h9,13,21,23,25,27,33-37,39-43,46,50,79-81,86H,5-8,10-12,14-20,22,24,26,28-32,38,44-45,47-49,51-78H2,1-4H3,(H,91,92)(H,93,94)/b13-9-,25-21-,27-23-,37-33-,40-39-,41-34-,42-35-,43-36-,50-46-/t79-,80+,81+/m0/s1. The van der Waals surface area contributed by atoms with Gasteiger partial charge in [-0.15, -0.1) is 0 Å². The Morgan fingerprint density at radius 2 is 0.500 bits per heavy atom. The Morgan fingerprint density at radius 1 is 0.279 bits per heavy atom. The first kappa shape index (κ1) is 99.7. The van der Waals surface area contributed by atoms with Gasteiger partial charge in [-0.25, -0.2) is 9.13 Å². The number of ether oxygens (including phenoxy) is 4.